The van der Waals surface area contributed by atoms with Crippen molar-refractivity contribution in [2.75, 3.05) is 20.8 Å². The number of carbonyl (C=O) groups excluding carboxylic acids is 1. The molecule has 4 rings (SSSR count). The van der Waals surface area contributed by atoms with E-state index in [1.54, 1.807) is 32.4 Å². The third-order valence-electron chi connectivity index (χ3n) is 6.21. The number of carbonyl (C=O) groups is 1. The number of rotatable bonds is 8. The van der Waals surface area contributed by atoms with Gasteiger partial charge in [0.2, 0.25) is 0 Å². The minimum Gasteiger partial charge on any atom is -0.497 e. The zero-order valence-corrected chi connectivity index (χ0v) is 19.6. The van der Waals surface area contributed by atoms with E-state index < -0.39 is 0 Å². The predicted molar refractivity (Wildman–Crippen MR) is 124 cm³/mol. The van der Waals surface area contributed by atoms with Crippen LogP contribution in [0.1, 0.15) is 45.8 Å². The summed E-state index contributed by atoms with van der Waals surface area (Å²) in [5.41, 5.74) is 3.47. The van der Waals surface area contributed by atoms with E-state index in [-0.39, 0.29) is 11.9 Å². The number of amides is 1. The van der Waals surface area contributed by atoms with Crippen LogP contribution in [-0.2, 0) is 13.0 Å². The molecule has 1 aromatic heterocycles. The van der Waals surface area contributed by atoms with Crippen molar-refractivity contribution in [3.63, 3.8) is 0 Å². The lowest BCUT2D eigenvalue weighted by Gasteiger charge is -2.25. The van der Waals surface area contributed by atoms with Crippen molar-refractivity contribution in [3.8, 4) is 17.2 Å². The van der Waals surface area contributed by atoms with E-state index in [1.807, 2.05) is 36.9 Å². The number of aryl methyl sites for hydroxylation is 2. The fraction of sp³-hybridized carbons (Fsp3) is 0.385. The van der Waals surface area contributed by atoms with Gasteiger partial charge in [0.1, 0.15) is 18.1 Å². The lowest BCUT2D eigenvalue weighted by Crippen LogP contribution is -2.36. The standard InChI is InChI=1S/C26H30N2O5/c1-17-23(18(2)33-27-17)16-32-24-11-10-20(15-25(24)31-4)26(29)28-12-6-8-21(28)13-19-7-5-9-22(14-19)30-3/h5,7,9-11,14-15,21H,6,8,12-13,16H2,1-4H3. The molecule has 1 unspecified atom stereocenters. The molecule has 0 bridgehead atoms. The number of hydrogen-bond donors (Lipinski definition) is 0. The molecule has 7 nitrogen and oxygen atoms in total. The van der Waals surface area contributed by atoms with Crippen molar-refractivity contribution in [1.82, 2.24) is 10.1 Å². The van der Waals surface area contributed by atoms with Crippen LogP contribution in [0.2, 0.25) is 0 Å². The van der Waals surface area contributed by atoms with Gasteiger partial charge in [0.05, 0.1) is 25.5 Å². The van der Waals surface area contributed by atoms with Crippen molar-refractivity contribution < 1.29 is 23.5 Å². The summed E-state index contributed by atoms with van der Waals surface area (Å²) in [7, 11) is 3.24. The van der Waals surface area contributed by atoms with Crippen LogP contribution in [0.3, 0.4) is 0 Å². The zero-order chi connectivity index (χ0) is 23.4. The highest BCUT2D eigenvalue weighted by Gasteiger charge is 2.30. The van der Waals surface area contributed by atoms with Gasteiger partial charge in [-0.1, -0.05) is 17.3 Å². The van der Waals surface area contributed by atoms with E-state index in [0.29, 0.717) is 23.7 Å². The molecule has 7 heteroatoms. The van der Waals surface area contributed by atoms with E-state index in [2.05, 4.69) is 11.2 Å². The normalized spacial score (nSPS) is 15.5. The van der Waals surface area contributed by atoms with Crippen LogP contribution in [-0.4, -0.2) is 42.8 Å². The molecule has 1 saturated heterocycles. The number of aromatic nitrogens is 1. The first kappa shape index (κ1) is 22.7. The van der Waals surface area contributed by atoms with Crippen molar-refractivity contribution >= 4 is 5.91 Å². The molecule has 3 aromatic rings. The minimum atomic E-state index is 0.0102. The van der Waals surface area contributed by atoms with Gasteiger partial charge < -0.3 is 23.6 Å². The Morgan fingerprint density at radius 1 is 1.12 bits per heavy atom. The predicted octanol–water partition coefficient (Wildman–Crippen LogP) is 4.73. The number of hydrogen-bond acceptors (Lipinski definition) is 6. The first-order chi connectivity index (χ1) is 16.0. The molecule has 0 radical (unpaired) electrons. The van der Waals surface area contributed by atoms with Crippen LogP contribution in [0.25, 0.3) is 0 Å². The topological polar surface area (TPSA) is 74.0 Å². The van der Waals surface area contributed by atoms with E-state index >= 15 is 0 Å². The lowest BCUT2D eigenvalue weighted by atomic mass is 10.0. The van der Waals surface area contributed by atoms with Gasteiger partial charge >= 0.3 is 0 Å². The maximum atomic E-state index is 13.4. The van der Waals surface area contributed by atoms with E-state index in [9.17, 15) is 4.79 Å². The minimum absolute atomic E-state index is 0.0102. The smallest absolute Gasteiger partial charge is 0.254 e. The molecule has 1 fully saturated rings. The van der Waals surface area contributed by atoms with Crippen molar-refractivity contribution in [1.29, 1.82) is 0 Å². The van der Waals surface area contributed by atoms with Crippen molar-refractivity contribution in [3.05, 3.63) is 70.6 Å². The van der Waals surface area contributed by atoms with E-state index in [1.165, 1.54) is 5.56 Å². The summed E-state index contributed by atoms with van der Waals surface area (Å²) in [5, 5.41) is 3.96. The van der Waals surface area contributed by atoms with Crippen LogP contribution < -0.4 is 14.2 Å². The first-order valence-electron chi connectivity index (χ1n) is 11.2. The van der Waals surface area contributed by atoms with Gasteiger partial charge in [0.25, 0.3) is 5.91 Å². The average Bonchev–Trinajstić information content (AvgIpc) is 3.43. The number of nitrogens with zero attached hydrogens (tertiary/aromatic N) is 2. The SMILES string of the molecule is COc1cccc(CC2CCCN2C(=O)c2ccc(OCc3c(C)noc3C)c(OC)c2)c1. The Labute approximate surface area is 194 Å². The number of likely N-dealkylation sites (tertiary alicyclic amines) is 1. The Morgan fingerprint density at radius 3 is 2.70 bits per heavy atom. The summed E-state index contributed by atoms with van der Waals surface area (Å²) in [6, 6.07) is 13.5. The summed E-state index contributed by atoms with van der Waals surface area (Å²) >= 11 is 0. The van der Waals surface area contributed by atoms with Crippen LogP contribution in [0, 0.1) is 13.8 Å². The molecule has 1 aliphatic rings. The van der Waals surface area contributed by atoms with Crippen molar-refractivity contribution in [2.24, 2.45) is 0 Å². The first-order valence-corrected chi connectivity index (χ1v) is 11.2. The van der Waals surface area contributed by atoms with Crippen LogP contribution in [0.4, 0.5) is 0 Å². The fourth-order valence-corrected chi connectivity index (χ4v) is 4.33. The maximum absolute atomic E-state index is 13.4. The van der Waals surface area contributed by atoms with Crippen molar-refractivity contribution in [2.45, 2.75) is 45.8 Å². The monoisotopic (exact) mass is 450 g/mol. The average molecular weight is 451 g/mol. The third-order valence-corrected chi connectivity index (χ3v) is 6.21. The van der Waals surface area contributed by atoms with Gasteiger partial charge in [0, 0.05) is 18.2 Å². The molecule has 0 saturated carbocycles. The summed E-state index contributed by atoms with van der Waals surface area (Å²) in [5.74, 6) is 2.67. The van der Waals surface area contributed by atoms with Crippen LogP contribution >= 0.6 is 0 Å². The molecule has 0 spiro atoms. The van der Waals surface area contributed by atoms with Gasteiger partial charge in [-0.3, -0.25) is 4.79 Å². The molecule has 33 heavy (non-hydrogen) atoms. The second kappa shape index (κ2) is 9.98. The maximum Gasteiger partial charge on any atom is 0.254 e. The Balaban J connectivity index is 1.47. The van der Waals surface area contributed by atoms with Gasteiger partial charge in [-0.25, -0.2) is 0 Å². The molecular formula is C26H30N2O5. The largest absolute Gasteiger partial charge is 0.497 e. The molecular weight excluding hydrogens is 420 g/mol. The van der Waals surface area contributed by atoms with Gasteiger partial charge in [-0.2, -0.15) is 0 Å². The molecule has 1 amide bonds. The molecule has 2 aromatic carbocycles. The second-order valence-corrected chi connectivity index (χ2v) is 8.31. The second-order valence-electron chi connectivity index (χ2n) is 8.31. The Bertz CT molecular complexity index is 1100. The Morgan fingerprint density at radius 2 is 1.97 bits per heavy atom. The van der Waals surface area contributed by atoms with E-state index in [0.717, 1.165) is 48.6 Å². The fourth-order valence-electron chi connectivity index (χ4n) is 4.33. The quantitative estimate of drug-likeness (QED) is 0.494. The zero-order valence-electron chi connectivity index (χ0n) is 19.6. The summed E-state index contributed by atoms with van der Waals surface area (Å²) in [4.78, 5) is 15.3. The van der Waals surface area contributed by atoms with Gasteiger partial charge in [0.15, 0.2) is 11.5 Å². The Hall–Kier alpha value is -3.48. The number of benzene rings is 2. The van der Waals surface area contributed by atoms with Crippen LogP contribution in [0.5, 0.6) is 17.2 Å². The molecule has 174 valence electrons. The number of ether oxygens (including phenoxy) is 3. The molecule has 1 aliphatic heterocycles. The Kier molecular flexibility index (Phi) is 6.87. The highest BCUT2D eigenvalue weighted by atomic mass is 16.5. The highest BCUT2D eigenvalue weighted by molar-refractivity contribution is 5.95. The van der Waals surface area contributed by atoms with Crippen LogP contribution in [0.15, 0.2) is 47.0 Å². The summed E-state index contributed by atoms with van der Waals surface area (Å²) < 4.78 is 22.0. The number of methoxy groups -OCH3 is 2. The van der Waals surface area contributed by atoms with E-state index in [4.69, 9.17) is 18.7 Å². The van der Waals surface area contributed by atoms with Gasteiger partial charge in [-0.15, -0.1) is 0 Å². The molecule has 1 atom stereocenters. The summed E-state index contributed by atoms with van der Waals surface area (Å²) in [6.07, 6.45) is 2.79. The summed E-state index contributed by atoms with van der Waals surface area (Å²) in [6.45, 7) is 4.81. The lowest BCUT2D eigenvalue weighted by molar-refractivity contribution is 0.0736. The highest BCUT2D eigenvalue weighted by Crippen LogP contribution is 2.31. The van der Waals surface area contributed by atoms with Gasteiger partial charge in [-0.05, 0) is 69.0 Å². The molecule has 2 heterocycles. The molecule has 0 N–H and O–H groups in total. The third kappa shape index (κ3) is 4.97. The molecule has 0 aliphatic carbocycles.